The summed E-state index contributed by atoms with van der Waals surface area (Å²) in [5, 5.41) is 6.02. The lowest BCUT2D eigenvalue weighted by molar-refractivity contribution is 0.0694. The van der Waals surface area contributed by atoms with Crippen LogP contribution < -0.4 is 15.5 Å². The lowest BCUT2D eigenvalue weighted by Gasteiger charge is -2.24. The molecule has 182 valence electrons. The SMILES string of the molecule is CC(C)C1COC(=O)N1c1ccnc(N[C@@H](C)c2ccc(C(=O)NC3CCOCC3)c(F)c2)n1. The van der Waals surface area contributed by atoms with Gasteiger partial charge in [0.2, 0.25) is 5.95 Å². The number of hydrogen-bond donors (Lipinski definition) is 2. The highest BCUT2D eigenvalue weighted by molar-refractivity contribution is 5.94. The molecule has 9 nitrogen and oxygen atoms in total. The summed E-state index contributed by atoms with van der Waals surface area (Å²) in [6.45, 7) is 7.38. The Bertz CT molecular complexity index is 1040. The summed E-state index contributed by atoms with van der Waals surface area (Å²) in [6, 6.07) is 5.73. The fourth-order valence-corrected chi connectivity index (χ4v) is 4.11. The molecule has 1 aromatic carbocycles. The van der Waals surface area contributed by atoms with Gasteiger partial charge in [0.25, 0.3) is 5.91 Å². The number of carbonyl (C=O) groups excluding carboxylic acids is 2. The average molecular weight is 472 g/mol. The number of carbonyl (C=O) groups is 2. The molecule has 2 aromatic rings. The summed E-state index contributed by atoms with van der Waals surface area (Å²) in [6.07, 6.45) is 2.56. The number of amides is 2. The number of aromatic nitrogens is 2. The standard InChI is InChI=1S/C24H30FN5O4/c1-14(2)20-13-34-24(32)30(20)21-6-9-26-23(29-21)27-15(3)16-4-5-18(19(25)12-16)22(31)28-17-7-10-33-11-8-17/h4-6,9,12,14-15,17,20H,7-8,10-11,13H2,1-3H3,(H,28,31)(H,26,27,29)/t15-,20?/m0/s1. The van der Waals surface area contributed by atoms with Crippen molar-refractivity contribution in [3.05, 3.63) is 47.4 Å². The van der Waals surface area contributed by atoms with Crippen molar-refractivity contribution < 1.29 is 23.5 Å². The van der Waals surface area contributed by atoms with E-state index in [1.165, 1.54) is 17.0 Å². The van der Waals surface area contributed by atoms with Gasteiger partial charge in [-0.1, -0.05) is 19.9 Å². The van der Waals surface area contributed by atoms with Gasteiger partial charge in [-0.15, -0.1) is 0 Å². The largest absolute Gasteiger partial charge is 0.447 e. The topological polar surface area (TPSA) is 106 Å². The van der Waals surface area contributed by atoms with Crippen LogP contribution >= 0.6 is 0 Å². The molecule has 1 aromatic heterocycles. The number of nitrogens with one attached hydrogen (secondary N) is 2. The number of rotatable bonds is 7. The Kier molecular flexibility index (Phi) is 7.26. The Hall–Kier alpha value is -3.27. The van der Waals surface area contributed by atoms with Crippen LogP contribution in [0.5, 0.6) is 0 Å². The molecule has 2 fully saturated rings. The first-order valence-corrected chi connectivity index (χ1v) is 11.6. The molecular weight excluding hydrogens is 441 g/mol. The molecular formula is C24H30FN5O4. The Morgan fingerprint density at radius 1 is 1.21 bits per heavy atom. The van der Waals surface area contributed by atoms with Gasteiger partial charge in [-0.05, 0) is 49.4 Å². The lowest BCUT2D eigenvalue weighted by Crippen LogP contribution is -2.39. The fourth-order valence-electron chi connectivity index (χ4n) is 4.11. The van der Waals surface area contributed by atoms with E-state index in [2.05, 4.69) is 20.6 Å². The van der Waals surface area contributed by atoms with Crippen LogP contribution in [-0.4, -0.2) is 53.9 Å². The highest BCUT2D eigenvalue weighted by Crippen LogP contribution is 2.27. The van der Waals surface area contributed by atoms with Crippen LogP contribution in [0.15, 0.2) is 30.5 Å². The van der Waals surface area contributed by atoms with E-state index in [0.29, 0.717) is 37.2 Å². The Morgan fingerprint density at radius 2 is 1.97 bits per heavy atom. The molecule has 3 heterocycles. The van der Waals surface area contributed by atoms with Crippen LogP contribution in [0.3, 0.4) is 0 Å². The molecule has 0 aliphatic carbocycles. The third kappa shape index (κ3) is 5.27. The second-order valence-corrected chi connectivity index (χ2v) is 8.96. The Labute approximate surface area is 198 Å². The number of halogens is 1. The number of ether oxygens (including phenoxy) is 2. The summed E-state index contributed by atoms with van der Waals surface area (Å²) >= 11 is 0. The van der Waals surface area contributed by atoms with Gasteiger partial charge in [0.05, 0.1) is 17.6 Å². The number of anilines is 2. The summed E-state index contributed by atoms with van der Waals surface area (Å²) in [7, 11) is 0. The van der Waals surface area contributed by atoms with Gasteiger partial charge in [-0.25, -0.2) is 14.2 Å². The minimum absolute atomic E-state index is 0.00600. The number of benzene rings is 1. The molecule has 0 spiro atoms. The fraction of sp³-hybridized carbons (Fsp3) is 0.500. The molecule has 2 N–H and O–H groups in total. The Balaban J connectivity index is 1.44. The first kappa shape index (κ1) is 23.9. The van der Waals surface area contributed by atoms with Crippen LogP contribution in [-0.2, 0) is 9.47 Å². The molecule has 2 aliphatic rings. The van der Waals surface area contributed by atoms with Crippen molar-refractivity contribution in [2.24, 2.45) is 5.92 Å². The second kappa shape index (κ2) is 10.3. The summed E-state index contributed by atoms with van der Waals surface area (Å²) in [5.74, 6) is -0.0807. The highest BCUT2D eigenvalue weighted by atomic mass is 19.1. The van der Waals surface area contributed by atoms with Crippen molar-refractivity contribution in [3.8, 4) is 0 Å². The van der Waals surface area contributed by atoms with Gasteiger partial charge < -0.3 is 20.1 Å². The molecule has 2 amide bonds. The predicted molar refractivity (Wildman–Crippen MR) is 124 cm³/mol. The predicted octanol–water partition coefficient (Wildman–Crippen LogP) is 3.68. The van der Waals surface area contributed by atoms with E-state index in [4.69, 9.17) is 9.47 Å². The minimum atomic E-state index is -0.593. The highest BCUT2D eigenvalue weighted by Gasteiger charge is 2.37. The van der Waals surface area contributed by atoms with Gasteiger partial charge in [-0.3, -0.25) is 9.69 Å². The molecule has 0 radical (unpaired) electrons. The van der Waals surface area contributed by atoms with Crippen molar-refractivity contribution in [2.75, 3.05) is 30.0 Å². The molecule has 10 heteroatoms. The van der Waals surface area contributed by atoms with Gasteiger partial charge in [0.1, 0.15) is 18.2 Å². The van der Waals surface area contributed by atoms with E-state index in [9.17, 15) is 14.0 Å². The van der Waals surface area contributed by atoms with E-state index < -0.39 is 17.8 Å². The van der Waals surface area contributed by atoms with Gasteiger partial charge >= 0.3 is 6.09 Å². The summed E-state index contributed by atoms with van der Waals surface area (Å²) in [5.41, 5.74) is 0.641. The zero-order valence-electron chi connectivity index (χ0n) is 19.6. The van der Waals surface area contributed by atoms with Crippen molar-refractivity contribution >= 4 is 23.8 Å². The molecule has 0 bridgehead atoms. The second-order valence-electron chi connectivity index (χ2n) is 8.96. The summed E-state index contributed by atoms with van der Waals surface area (Å²) < 4.78 is 25.3. The van der Waals surface area contributed by atoms with Crippen molar-refractivity contribution in [1.82, 2.24) is 15.3 Å². The molecule has 2 atom stereocenters. The maximum Gasteiger partial charge on any atom is 0.415 e. The van der Waals surface area contributed by atoms with Crippen molar-refractivity contribution in [1.29, 1.82) is 0 Å². The van der Waals surface area contributed by atoms with E-state index in [-0.39, 0.29) is 29.6 Å². The Morgan fingerprint density at radius 3 is 2.68 bits per heavy atom. The quantitative estimate of drug-likeness (QED) is 0.635. The van der Waals surface area contributed by atoms with Gasteiger partial charge in [0, 0.05) is 25.5 Å². The van der Waals surface area contributed by atoms with Gasteiger partial charge in [0.15, 0.2) is 0 Å². The zero-order valence-corrected chi connectivity index (χ0v) is 19.6. The third-order valence-electron chi connectivity index (χ3n) is 6.20. The monoisotopic (exact) mass is 471 g/mol. The maximum absolute atomic E-state index is 14.8. The molecule has 0 saturated carbocycles. The maximum atomic E-state index is 14.8. The van der Waals surface area contributed by atoms with Crippen molar-refractivity contribution in [3.63, 3.8) is 0 Å². The number of cyclic esters (lactones) is 1. The van der Waals surface area contributed by atoms with Gasteiger partial charge in [-0.2, -0.15) is 4.98 Å². The number of nitrogens with zero attached hydrogens (tertiary/aromatic N) is 3. The first-order chi connectivity index (χ1) is 16.3. The van der Waals surface area contributed by atoms with Crippen LogP contribution in [0, 0.1) is 11.7 Å². The molecule has 1 unspecified atom stereocenters. The average Bonchev–Trinajstić information content (AvgIpc) is 3.21. The van der Waals surface area contributed by atoms with Crippen LogP contribution in [0.1, 0.15) is 55.6 Å². The van der Waals surface area contributed by atoms with Crippen molar-refractivity contribution in [2.45, 2.75) is 51.7 Å². The molecule has 2 aliphatic heterocycles. The first-order valence-electron chi connectivity index (χ1n) is 11.6. The minimum Gasteiger partial charge on any atom is -0.447 e. The van der Waals surface area contributed by atoms with Crippen LogP contribution in [0.25, 0.3) is 0 Å². The smallest absolute Gasteiger partial charge is 0.415 e. The molecule has 2 saturated heterocycles. The van der Waals surface area contributed by atoms with Crippen LogP contribution in [0.4, 0.5) is 21.0 Å². The lowest BCUT2D eigenvalue weighted by atomic mass is 10.0. The molecule has 34 heavy (non-hydrogen) atoms. The third-order valence-corrected chi connectivity index (χ3v) is 6.20. The van der Waals surface area contributed by atoms with E-state index in [1.807, 2.05) is 20.8 Å². The normalized spacial score (nSPS) is 19.7. The number of hydrogen-bond acceptors (Lipinski definition) is 7. The zero-order chi connectivity index (χ0) is 24.2. The van der Waals surface area contributed by atoms with E-state index in [1.54, 1.807) is 18.3 Å². The van der Waals surface area contributed by atoms with E-state index in [0.717, 1.165) is 12.8 Å². The molecule has 4 rings (SSSR count). The van der Waals surface area contributed by atoms with Crippen LogP contribution in [0.2, 0.25) is 0 Å². The summed E-state index contributed by atoms with van der Waals surface area (Å²) in [4.78, 5) is 35.0. The van der Waals surface area contributed by atoms with E-state index >= 15 is 0 Å².